The molecule has 1 amide bonds. The summed E-state index contributed by atoms with van der Waals surface area (Å²) in [6, 6.07) is 3.27. The molecule has 5 heteroatoms. The fourth-order valence-corrected chi connectivity index (χ4v) is 2.50. The monoisotopic (exact) mass is 251 g/mol. The van der Waals surface area contributed by atoms with Gasteiger partial charge in [0.05, 0.1) is 24.1 Å². The Kier molecular flexibility index (Phi) is 2.92. The van der Waals surface area contributed by atoms with Crippen molar-refractivity contribution in [3.05, 3.63) is 24.2 Å². The average Bonchev–Trinajstić information content (AvgIpc) is 2.67. The van der Waals surface area contributed by atoms with Gasteiger partial charge in [0.25, 0.3) is 0 Å². The maximum absolute atomic E-state index is 12.0. The molecule has 0 radical (unpaired) electrons. The van der Waals surface area contributed by atoms with Crippen molar-refractivity contribution in [1.29, 1.82) is 0 Å². The molecule has 3 atom stereocenters. The molecular weight excluding hydrogens is 234 g/mol. The van der Waals surface area contributed by atoms with Crippen LogP contribution in [0.3, 0.4) is 0 Å². The van der Waals surface area contributed by atoms with Crippen LogP contribution in [-0.2, 0) is 9.59 Å². The van der Waals surface area contributed by atoms with Crippen LogP contribution in [-0.4, -0.2) is 17.0 Å². The second-order valence-corrected chi connectivity index (χ2v) is 5.36. The number of hydrogen-bond acceptors (Lipinski definition) is 3. The smallest absolute Gasteiger partial charge is 0.307 e. The van der Waals surface area contributed by atoms with E-state index in [9.17, 15) is 9.59 Å². The Bertz CT molecular complexity index is 463. The summed E-state index contributed by atoms with van der Waals surface area (Å²) in [6.45, 7) is 5.41. The van der Waals surface area contributed by atoms with E-state index in [0.29, 0.717) is 5.76 Å². The third-order valence-electron chi connectivity index (χ3n) is 3.70. The maximum Gasteiger partial charge on any atom is 0.307 e. The Labute approximate surface area is 105 Å². The second kappa shape index (κ2) is 4.15. The van der Waals surface area contributed by atoms with Gasteiger partial charge >= 0.3 is 5.97 Å². The number of carboxylic acid groups (broad SMARTS) is 1. The lowest BCUT2D eigenvalue weighted by atomic mass is 10.1. The fourth-order valence-electron chi connectivity index (χ4n) is 2.50. The van der Waals surface area contributed by atoms with Crippen LogP contribution < -0.4 is 5.32 Å². The van der Waals surface area contributed by atoms with E-state index in [-0.39, 0.29) is 11.9 Å². The molecule has 0 aromatic carbocycles. The van der Waals surface area contributed by atoms with E-state index in [4.69, 9.17) is 9.52 Å². The van der Waals surface area contributed by atoms with Crippen LogP contribution in [0.15, 0.2) is 22.8 Å². The van der Waals surface area contributed by atoms with Gasteiger partial charge in [-0.2, -0.15) is 0 Å². The molecule has 1 aromatic heterocycles. The molecule has 98 valence electrons. The van der Waals surface area contributed by atoms with Gasteiger partial charge in [-0.05, 0) is 24.5 Å². The van der Waals surface area contributed by atoms with Gasteiger partial charge < -0.3 is 14.8 Å². The zero-order valence-electron chi connectivity index (χ0n) is 10.6. The van der Waals surface area contributed by atoms with Crippen LogP contribution in [0.1, 0.15) is 32.6 Å². The molecule has 2 N–H and O–H groups in total. The van der Waals surface area contributed by atoms with Crippen LogP contribution in [0.25, 0.3) is 0 Å². The molecule has 0 bridgehead atoms. The van der Waals surface area contributed by atoms with Gasteiger partial charge in [0.15, 0.2) is 0 Å². The summed E-state index contributed by atoms with van der Waals surface area (Å²) in [6.07, 6.45) is 1.54. The first-order valence-corrected chi connectivity index (χ1v) is 5.92. The minimum absolute atomic E-state index is 0.226. The summed E-state index contributed by atoms with van der Waals surface area (Å²) in [7, 11) is 0. The summed E-state index contributed by atoms with van der Waals surface area (Å²) < 4.78 is 5.19. The first-order chi connectivity index (χ1) is 8.35. The first-order valence-electron chi connectivity index (χ1n) is 5.92. The predicted octanol–water partition coefficient (Wildman–Crippen LogP) is 1.81. The second-order valence-electron chi connectivity index (χ2n) is 5.36. The standard InChI is InChI=1S/C13H17NO4/c1-7(8-5-4-6-18-8)14-11(15)9-10(12(16)17)13(9,2)3/h4-7,9-10H,1-3H3,(H,14,15)(H,16,17)/t7-,9?,10?/m1/s1. The van der Waals surface area contributed by atoms with Gasteiger partial charge in [-0.25, -0.2) is 0 Å². The molecule has 2 unspecified atom stereocenters. The molecule has 0 aliphatic heterocycles. The zero-order chi connectivity index (χ0) is 13.5. The highest BCUT2D eigenvalue weighted by Gasteiger charge is 2.65. The Morgan fingerprint density at radius 1 is 1.44 bits per heavy atom. The summed E-state index contributed by atoms with van der Waals surface area (Å²) in [4.78, 5) is 23.0. The van der Waals surface area contributed by atoms with Gasteiger partial charge in [0.1, 0.15) is 5.76 Å². The van der Waals surface area contributed by atoms with Crippen LogP contribution in [0.2, 0.25) is 0 Å². The SMILES string of the molecule is C[C@@H](NC(=O)C1C(C(=O)O)C1(C)C)c1ccco1. The number of rotatable bonds is 4. The van der Waals surface area contributed by atoms with E-state index in [1.165, 1.54) is 0 Å². The molecule has 1 aliphatic rings. The minimum atomic E-state index is -0.911. The topological polar surface area (TPSA) is 79.5 Å². The first kappa shape index (κ1) is 12.7. The van der Waals surface area contributed by atoms with E-state index in [0.717, 1.165) is 0 Å². The van der Waals surface area contributed by atoms with Gasteiger partial charge in [-0.1, -0.05) is 13.8 Å². The van der Waals surface area contributed by atoms with Crippen molar-refractivity contribution < 1.29 is 19.1 Å². The van der Waals surface area contributed by atoms with Crippen LogP contribution in [0.4, 0.5) is 0 Å². The zero-order valence-corrected chi connectivity index (χ0v) is 10.6. The third kappa shape index (κ3) is 2.00. The predicted molar refractivity (Wildman–Crippen MR) is 63.7 cm³/mol. The number of carboxylic acids is 1. The number of hydrogen-bond donors (Lipinski definition) is 2. The maximum atomic E-state index is 12.0. The third-order valence-corrected chi connectivity index (χ3v) is 3.70. The molecule has 1 saturated carbocycles. The molecule has 5 nitrogen and oxygen atoms in total. The molecule has 18 heavy (non-hydrogen) atoms. The summed E-state index contributed by atoms with van der Waals surface area (Å²) in [5, 5.41) is 11.8. The lowest BCUT2D eigenvalue weighted by Crippen LogP contribution is -2.29. The van der Waals surface area contributed by atoms with Crippen molar-refractivity contribution in [1.82, 2.24) is 5.32 Å². The molecule has 1 aromatic rings. The number of furan rings is 1. The van der Waals surface area contributed by atoms with Crippen molar-refractivity contribution in [2.24, 2.45) is 17.3 Å². The lowest BCUT2D eigenvalue weighted by Gasteiger charge is -2.11. The molecule has 0 spiro atoms. The Morgan fingerprint density at radius 2 is 2.11 bits per heavy atom. The molecule has 0 saturated heterocycles. The van der Waals surface area contributed by atoms with Crippen molar-refractivity contribution >= 4 is 11.9 Å². The highest BCUT2D eigenvalue weighted by atomic mass is 16.4. The Balaban J connectivity index is 2.00. The number of amides is 1. The molecule has 1 fully saturated rings. The molecular formula is C13H17NO4. The Morgan fingerprint density at radius 3 is 2.56 bits per heavy atom. The van der Waals surface area contributed by atoms with Crippen molar-refractivity contribution in [2.45, 2.75) is 26.8 Å². The number of carbonyl (C=O) groups is 2. The van der Waals surface area contributed by atoms with Crippen LogP contribution >= 0.6 is 0 Å². The van der Waals surface area contributed by atoms with Crippen molar-refractivity contribution in [3.8, 4) is 0 Å². The number of carbonyl (C=O) groups excluding carboxylic acids is 1. The number of nitrogens with one attached hydrogen (secondary N) is 1. The summed E-state index contributed by atoms with van der Waals surface area (Å²) in [5.74, 6) is -1.54. The number of aliphatic carboxylic acids is 1. The van der Waals surface area contributed by atoms with E-state index in [1.54, 1.807) is 32.2 Å². The lowest BCUT2D eigenvalue weighted by molar-refractivity contribution is -0.140. The van der Waals surface area contributed by atoms with E-state index >= 15 is 0 Å². The van der Waals surface area contributed by atoms with Gasteiger partial charge in [0.2, 0.25) is 5.91 Å². The van der Waals surface area contributed by atoms with E-state index < -0.39 is 23.2 Å². The van der Waals surface area contributed by atoms with Gasteiger partial charge in [-0.15, -0.1) is 0 Å². The quantitative estimate of drug-likeness (QED) is 0.855. The largest absolute Gasteiger partial charge is 0.481 e. The fraction of sp³-hybridized carbons (Fsp3) is 0.538. The average molecular weight is 251 g/mol. The van der Waals surface area contributed by atoms with E-state index in [2.05, 4.69) is 5.32 Å². The summed E-state index contributed by atoms with van der Waals surface area (Å²) >= 11 is 0. The van der Waals surface area contributed by atoms with E-state index in [1.807, 2.05) is 6.92 Å². The van der Waals surface area contributed by atoms with Gasteiger partial charge in [-0.3, -0.25) is 9.59 Å². The van der Waals surface area contributed by atoms with Crippen molar-refractivity contribution in [2.75, 3.05) is 0 Å². The van der Waals surface area contributed by atoms with Crippen molar-refractivity contribution in [3.63, 3.8) is 0 Å². The molecule has 2 rings (SSSR count). The normalized spacial score (nSPS) is 26.4. The highest BCUT2D eigenvalue weighted by Crippen LogP contribution is 2.58. The van der Waals surface area contributed by atoms with Crippen LogP contribution in [0.5, 0.6) is 0 Å². The Hall–Kier alpha value is -1.78. The minimum Gasteiger partial charge on any atom is -0.481 e. The highest BCUT2D eigenvalue weighted by molar-refractivity contribution is 5.91. The molecule has 1 aliphatic carbocycles. The molecule has 1 heterocycles. The van der Waals surface area contributed by atoms with Gasteiger partial charge in [0, 0.05) is 0 Å². The summed E-state index contributed by atoms with van der Waals surface area (Å²) in [5.41, 5.74) is -0.473. The van der Waals surface area contributed by atoms with Crippen LogP contribution in [0, 0.1) is 17.3 Å².